The van der Waals surface area contributed by atoms with Gasteiger partial charge < -0.3 is 11.5 Å². The number of carbonyl (C=O) groups is 1. The van der Waals surface area contributed by atoms with Gasteiger partial charge in [0.15, 0.2) is 0 Å². The van der Waals surface area contributed by atoms with Crippen LogP contribution in [0.25, 0.3) is 0 Å². The predicted molar refractivity (Wildman–Crippen MR) is 52.0 cm³/mol. The SMILES string of the molecule is CC1CN(CC(N)=O)CC1(C)CN. The summed E-state index contributed by atoms with van der Waals surface area (Å²) in [6, 6.07) is 0. The zero-order valence-corrected chi connectivity index (χ0v) is 8.42. The van der Waals surface area contributed by atoms with Crippen molar-refractivity contribution in [1.82, 2.24) is 4.90 Å². The molecule has 76 valence electrons. The van der Waals surface area contributed by atoms with Gasteiger partial charge in [-0.2, -0.15) is 0 Å². The highest BCUT2D eigenvalue weighted by atomic mass is 16.1. The summed E-state index contributed by atoms with van der Waals surface area (Å²) in [6.45, 7) is 7.18. The molecule has 1 amide bonds. The molecule has 0 aromatic carbocycles. The van der Waals surface area contributed by atoms with Gasteiger partial charge in [0.1, 0.15) is 0 Å². The van der Waals surface area contributed by atoms with Crippen LogP contribution in [0.4, 0.5) is 0 Å². The second kappa shape index (κ2) is 3.64. The largest absolute Gasteiger partial charge is 0.369 e. The molecule has 0 aromatic rings. The zero-order valence-electron chi connectivity index (χ0n) is 8.42. The third-order valence-corrected chi connectivity index (χ3v) is 3.15. The molecule has 0 aromatic heterocycles. The van der Waals surface area contributed by atoms with Crippen molar-refractivity contribution in [3.05, 3.63) is 0 Å². The Hall–Kier alpha value is -0.610. The van der Waals surface area contributed by atoms with Crippen molar-refractivity contribution in [3.8, 4) is 0 Å². The van der Waals surface area contributed by atoms with E-state index in [1.54, 1.807) is 0 Å². The number of rotatable bonds is 3. The Morgan fingerprint density at radius 1 is 1.69 bits per heavy atom. The standard InChI is InChI=1S/C9H19N3O/c1-7-3-12(4-8(11)13)6-9(7,2)5-10/h7H,3-6,10H2,1-2H3,(H2,11,13). The topological polar surface area (TPSA) is 72.3 Å². The van der Waals surface area contributed by atoms with Crippen LogP contribution in [0.1, 0.15) is 13.8 Å². The van der Waals surface area contributed by atoms with E-state index in [2.05, 4.69) is 18.7 Å². The molecular formula is C9H19N3O. The maximum Gasteiger partial charge on any atom is 0.231 e. The lowest BCUT2D eigenvalue weighted by atomic mass is 9.81. The van der Waals surface area contributed by atoms with Crippen molar-refractivity contribution in [2.24, 2.45) is 22.8 Å². The van der Waals surface area contributed by atoms with E-state index < -0.39 is 0 Å². The summed E-state index contributed by atoms with van der Waals surface area (Å²) in [5.74, 6) is 0.283. The number of carbonyl (C=O) groups excluding carboxylic acids is 1. The molecule has 1 saturated heterocycles. The number of likely N-dealkylation sites (tertiary alicyclic amines) is 1. The summed E-state index contributed by atoms with van der Waals surface area (Å²) >= 11 is 0. The molecule has 13 heavy (non-hydrogen) atoms. The van der Waals surface area contributed by atoms with Crippen LogP contribution in [-0.4, -0.2) is 37.0 Å². The Balaban J connectivity index is 2.54. The molecule has 2 atom stereocenters. The van der Waals surface area contributed by atoms with Crippen molar-refractivity contribution in [3.63, 3.8) is 0 Å². The van der Waals surface area contributed by atoms with E-state index >= 15 is 0 Å². The van der Waals surface area contributed by atoms with E-state index in [0.29, 0.717) is 19.0 Å². The third kappa shape index (κ3) is 2.19. The average molecular weight is 185 g/mol. The normalized spacial score (nSPS) is 35.2. The van der Waals surface area contributed by atoms with Gasteiger partial charge in [0.25, 0.3) is 0 Å². The molecule has 4 N–H and O–H groups in total. The first-order valence-electron chi connectivity index (χ1n) is 4.68. The first-order chi connectivity index (χ1) is 5.98. The molecule has 0 radical (unpaired) electrons. The smallest absolute Gasteiger partial charge is 0.231 e. The fourth-order valence-corrected chi connectivity index (χ4v) is 1.95. The van der Waals surface area contributed by atoms with Crippen molar-refractivity contribution in [2.45, 2.75) is 13.8 Å². The van der Waals surface area contributed by atoms with Crippen molar-refractivity contribution >= 4 is 5.91 Å². The minimum absolute atomic E-state index is 0.148. The van der Waals surface area contributed by atoms with Crippen molar-refractivity contribution in [1.29, 1.82) is 0 Å². The molecule has 0 bridgehead atoms. The van der Waals surface area contributed by atoms with Crippen LogP contribution < -0.4 is 11.5 Å². The van der Waals surface area contributed by atoms with Gasteiger partial charge in [-0.05, 0) is 17.9 Å². The number of nitrogens with zero attached hydrogens (tertiary/aromatic N) is 1. The molecule has 0 aliphatic carbocycles. The van der Waals surface area contributed by atoms with Gasteiger partial charge >= 0.3 is 0 Å². The van der Waals surface area contributed by atoms with Gasteiger partial charge in [-0.25, -0.2) is 0 Å². The highest BCUT2D eigenvalue weighted by molar-refractivity contribution is 5.75. The summed E-state index contributed by atoms with van der Waals surface area (Å²) in [4.78, 5) is 12.8. The van der Waals surface area contributed by atoms with Crippen molar-refractivity contribution in [2.75, 3.05) is 26.2 Å². The fourth-order valence-electron chi connectivity index (χ4n) is 1.95. The Morgan fingerprint density at radius 2 is 2.31 bits per heavy atom. The Labute approximate surface area is 79.3 Å². The highest BCUT2D eigenvalue weighted by Gasteiger charge is 2.39. The van der Waals surface area contributed by atoms with E-state index in [1.807, 2.05) is 0 Å². The maximum atomic E-state index is 10.7. The van der Waals surface area contributed by atoms with E-state index in [-0.39, 0.29) is 11.3 Å². The number of amides is 1. The molecular weight excluding hydrogens is 166 g/mol. The van der Waals surface area contributed by atoms with Crippen LogP contribution >= 0.6 is 0 Å². The minimum Gasteiger partial charge on any atom is -0.369 e. The Morgan fingerprint density at radius 3 is 2.69 bits per heavy atom. The monoisotopic (exact) mass is 185 g/mol. The van der Waals surface area contributed by atoms with Gasteiger partial charge in [0.05, 0.1) is 6.54 Å². The molecule has 1 heterocycles. The average Bonchev–Trinajstić information content (AvgIpc) is 2.27. The first kappa shape index (κ1) is 10.5. The molecule has 1 aliphatic rings. The number of hydrogen-bond donors (Lipinski definition) is 2. The van der Waals surface area contributed by atoms with Gasteiger partial charge in [-0.3, -0.25) is 9.69 Å². The second-order valence-corrected chi connectivity index (χ2v) is 4.40. The fraction of sp³-hybridized carbons (Fsp3) is 0.889. The summed E-state index contributed by atoms with van der Waals surface area (Å²) in [7, 11) is 0. The summed E-state index contributed by atoms with van der Waals surface area (Å²) in [5.41, 5.74) is 11.0. The van der Waals surface area contributed by atoms with Crippen LogP contribution in [0.2, 0.25) is 0 Å². The van der Waals surface area contributed by atoms with Gasteiger partial charge in [0.2, 0.25) is 5.91 Å². The molecule has 2 unspecified atom stereocenters. The van der Waals surface area contributed by atoms with Crippen LogP contribution in [-0.2, 0) is 4.79 Å². The maximum absolute atomic E-state index is 10.7. The third-order valence-electron chi connectivity index (χ3n) is 3.15. The molecule has 1 fully saturated rings. The molecule has 0 saturated carbocycles. The molecule has 4 nitrogen and oxygen atoms in total. The quantitative estimate of drug-likeness (QED) is 0.616. The van der Waals surface area contributed by atoms with Gasteiger partial charge in [0, 0.05) is 13.1 Å². The van der Waals surface area contributed by atoms with Crippen LogP contribution in [0.3, 0.4) is 0 Å². The van der Waals surface area contributed by atoms with Crippen LogP contribution in [0.5, 0.6) is 0 Å². The van der Waals surface area contributed by atoms with E-state index in [4.69, 9.17) is 11.5 Å². The van der Waals surface area contributed by atoms with Crippen LogP contribution in [0.15, 0.2) is 0 Å². The van der Waals surface area contributed by atoms with E-state index in [9.17, 15) is 4.79 Å². The first-order valence-corrected chi connectivity index (χ1v) is 4.68. The van der Waals surface area contributed by atoms with Crippen LogP contribution in [0, 0.1) is 11.3 Å². The summed E-state index contributed by atoms with van der Waals surface area (Å²) < 4.78 is 0. The second-order valence-electron chi connectivity index (χ2n) is 4.40. The highest BCUT2D eigenvalue weighted by Crippen LogP contribution is 2.33. The Kier molecular flexibility index (Phi) is 2.93. The molecule has 0 spiro atoms. The lowest BCUT2D eigenvalue weighted by Crippen LogP contribution is -2.36. The molecule has 4 heteroatoms. The lowest BCUT2D eigenvalue weighted by molar-refractivity contribution is -0.119. The zero-order chi connectivity index (χ0) is 10.1. The number of hydrogen-bond acceptors (Lipinski definition) is 3. The number of nitrogens with two attached hydrogens (primary N) is 2. The van der Waals surface area contributed by atoms with Gasteiger partial charge in [-0.15, -0.1) is 0 Å². The minimum atomic E-state index is -0.256. The van der Waals surface area contributed by atoms with E-state index in [0.717, 1.165) is 13.1 Å². The molecule has 1 aliphatic heterocycles. The number of primary amides is 1. The molecule has 1 rings (SSSR count). The predicted octanol–water partition coefficient (Wildman–Crippen LogP) is -0.612. The summed E-state index contributed by atoms with van der Waals surface area (Å²) in [5, 5.41) is 0. The van der Waals surface area contributed by atoms with Crippen molar-refractivity contribution < 1.29 is 4.79 Å². The Bertz CT molecular complexity index is 207. The summed E-state index contributed by atoms with van der Waals surface area (Å²) in [6.07, 6.45) is 0. The van der Waals surface area contributed by atoms with E-state index in [1.165, 1.54) is 0 Å². The van der Waals surface area contributed by atoms with Gasteiger partial charge in [-0.1, -0.05) is 13.8 Å². The lowest BCUT2D eigenvalue weighted by Gasteiger charge is -2.26.